The second kappa shape index (κ2) is 15.0. The molecule has 0 spiro atoms. The fourth-order valence-corrected chi connectivity index (χ4v) is 6.00. The second-order valence-corrected chi connectivity index (χ2v) is 12.5. The second-order valence-electron chi connectivity index (χ2n) is 9.79. The Morgan fingerprint density at radius 1 is 0.913 bits per heavy atom. The molecule has 1 atom stereocenters. The highest BCUT2D eigenvalue weighted by atomic mass is 35.5. The van der Waals surface area contributed by atoms with Gasteiger partial charge in [-0.25, -0.2) is 13.8 Å². The maximum atomic E-state index is 14.6. The van der Waals surface area contributed by atoms with Gasteiger partial charge >= 0.3 is 0 Å². The van der Waals surface area contributed by atoms with Crippen LogP contribution in [0.2, 0.25) is 5.02 Å². The Kier molecular flexibility index (Phi) is 10.6. The van der Waals surface area contributed by atoms with E-state index in [1.807, 2.05) is 0 Å². The molecular formula is C34H25ClF2N4O3S2. The van der Waals surface area contributed by atoms with Crippen LogP contribution in [0, 0.1) is 11.6 Å². The summed E-state index contributed by atoms with van der Waals surface area (Å²) in [5.74, 6) is -2.57. The van der Waals surface area contributed by atoms with E-state index in [-0.39, 0.29) is 28.0 Å². The van der Waals surface area contributed by atoms with Gasteiger partial charge in [0, 0.05) is 32.7 Å². The molecule has 0 fully saturated rings. The van der Waals surface area contributed by atoms with Gasteiger partial charge < -0.3 is 16.0 Å². The van der Waals surface area contributed by atoms with Crippen molar-refractivity contribution in [1.29, 1.82) is 0 Å². The molecule has 4 aromatic carbocycles. The molecule has 3 N–H and O–H groups in total. The van der Waals surface area contributed by atoms with Crippen LogP contribution in [0.25, 0.3) is 17.3 Å². The molecule has 0 radical (unpaired) electrons. The highest BCUT2D eigenvalue weighted by Gasteiger charge is 2.19. The van der Waals surface area contributed by atoms with E-state index in [4.69, 9.17) is 11.6 Å². The number of thiazole rings is 1. The van der Waals surface area contributed by atoms with Crippen LogP contribution >= 0.6 is 34.7 Å². The van der Waals surface area contributed by atoms with Gasteiger partial charge in [0.1, 0.15) is 17.3 Å². The van der Waals surface area contributed by atoms with E-state index in [1.54, 1.807) is 79.0 Å². The largest absolute Gasteiger partial charge is 0.321 e. The zero-order valence-corrected chi connectivity index (χ0v) is 26.5. The van der Waals surface area contributed by atoms with Gasteiger partial charge in [0.25, 0.3) is 11.8 Å². The van der Waals surface area contributed by atoms with Crippen LogP contribution in [0.4, 0.5) is 19.6 Å². The molecule has 5 rings (SSSR count). The fourth-order valence-electron chi connectivity index (χ4n) is 4.13. The Bertz CT molecular complexity index is 1900. The number of hydrogen-bond acceptors (Lipinski definition) is 6. The highest BCUT2D eigenvalue weighted by Crippen LogP contribution is 2.29. The van der Waals surface area contributed by atoms with Gasteiger partial charge in [0.15, 0.2) is 5.13 Å². The van der Waals surface area contributed by atoms with E-state index in [9.17, 15) is 23.2 Å². The maximum absolute atomic E-state index is 14.6. The average Bonchev–Trinajstić information content (AvgIpc) is 3.51. The third-order valence-corrected chi connectivity index (χ3v) is 8.65. The lowest BCUT2D eigenvalue weighted by Crippen LogP contribution is -2.30. The minimum atomic E-state index is -0.711. The van der Waals surface area contributed by atoms with Crippen LogP contribution in [-0.4, -0.2) is 28.0 Å². The molecule has 3 amide bonds. The number of thioether (sulfide) groups is 1. The zero-order chi connectivity index (χ0) is 32.6. The summed E-state index contributed by atoms with van der Waals surface area (Å²) in [5, 5.41) is 9.81. The van der Waals surface area contributed by atoms with Crippen molar-refractivity contribution >= 4 is 69.3 Å². The molecule has 0 saturated carbocycles. The van der Waals surface area contributed by atoms with Gasteiger partial charge in [-0.1, -0.05) is 41.9 Å². The maximum Gasteiger partial charge on any atom is 0.272 e. The summed E-state index contributed by atoms with van der Waals surface area (Å²) in [7, 11) is 0. The van der Waals surface area contributed by atoms with E-state index in [0.717, 1.165) is 5.56 Å². The molecule has 232 valence electrons. The van der Waals surface area contributed by atoms with E-state index < -0.39 is 22.9 Å². The van der Waals surface area contributed by atoms with Crippen molar-refractivity contribution in [2.45, 2.75) is 17.1 Å². The Balaban J connectivity index is 1.27. The van der Waals surface area contributed by atoms with Crippen LogP contribution in [0.1, 0.15) is 22.8 Å². The van der Waals surface area contributed by atoms with Crippen molar-refractivity contribution in [2.75, 3.05) is 10.6 Å². The Hall–Kier alpha value is -4.84. The van der Waals surface area contributed by atoms with Crippen LogP contribution in [0.5, 0.6) is 0 Å². The molecule has 5 aromatic rings. The van der Waals surface area contributed by atoms with Crippen molar-refractivity contribution < 1.29 is 23.2 Å². The minimum absolute atomic E-state index is 0.0585. The molecular weight excluding hydrogens is 650 g/mol. The number of carbonyl (C=O) groups excluding carboxylic acids is 3. The molecule has 12 heteroatoms. The van der Waals surface area contributed by atoms with E-state index in [0.29, 0.717) is 27.0 Å². The first-order valence-electron chi connectivity index (χ1n) is 13.8. The van der Waals surface area contributed by atoms with Gasteiger partial charge in [0.05, 0.1) is 16.0 Å². The number of benzene rings is 4. The number of nitrogens with one attached hydrogen (secondary N) is 3. The van der Waals surface area contributed by atoms with Gasteiger partial charge in [-0.3, -0.25) is 14.4 Å². The Morgan fingerprint density at radius 3 is 2.39 bits per heavy atom. The monoisotopic (exact) mass is 674 g/mol. The SMILES string of the molecule is CC(Sc1cccc(NC(=O)/C(=C\c2c(F)cccc2Cl)NC(=O)c2ccccc2)c1)C(=O)Nc1nc(-c2ccc(F)cc2)cs1. The molecule has 1 aromatic heterocycles. The quantitative estimate of drug-likeness (QED) is 0.102. The van der Waals surface area contributed by atoms with Crippen molar-refractivity contribution in [2.24, 2.45) is 0 Å². The smallest absolute Gasteiger partial charge is 0.272 e. The number of anilines is 2. The zero-order valence-electron chi connectivity index (χ0n) is 24.1. The first kappa shape index (κ1) is 32.6. The van der Waals surface area contributed by atoms with E-state index in [2.05, 4.69) is 20.9 Å². The molecule has 1 unspecified atom stereocenters. The third kappa shape index (κ3) is 8.45. The minimum Gasteiger partial charge on any atom is -0.321 e. The topological polar surface area (TPSA) is 100 Å². The molecule has 0 aliphatic heterocycles. The summed E-state index contributed by atoms with van der Waals surface area (Å²) in [6, 6.07) is 25.1. The summed E-state index contributed by atoms with van der Waals surface area (Å²) in [4.78, 5) is 44.4. The van der Waals surface area contributed by atoms with Crippen LogP contribution in [-0.2, 0) is 9.59 Å². The molecule has 0 bridgehead atoms. The number of carbonyl (C=O) groups is 3. The number of amides is 3. The first-order valence-corrected chi connectivity index (χ1v) is 15.9. The molecule has 0 aliphatic rings. The number of hydrogen-bond donors (Lipinski definition) is 3. The molecule has 0 aliphatic carbocycles. The lowest BCUT2D eigenvalue weighted by Gasteiger charge is -2.14. The normalized spacial score (nSPS) is 11.9. The summed E-state index contributed by atoms with van der Waals surface area (Å²) in [5.41, 5.74) is 1.75. The lowest BCUT2D eigenvalue weighted by molar-refractivity contribution is -0.115. The number of halogens is 3. The van der Waals surface area contributed by atoms with Crippen LogP contribution in [0.3, 0.4) is 0 Å². The number of rotatable bonds is 10. The highest BCUT2D eigenvalue weighted by molar-refractivity contribution is 8.00. The summed E-state index contributed by atoms with van der Waals surface area (Å²) in [6.45, 7) is 1.73. The van der Waals surface area contributed by atoms with Gasteiger partial charge in [-0.2, -0.15) is 0 Å². The van der Waals surface area contributed by atoms with Crippen molar-refractivity contribution in [1.82, 2.24) is 10.3 Å². The molecule has 7 nitrogen and oxygen atoms in total. The third-order valence-electron chi connectivity index (χ3n) is 6.47. The number of aromatic nitrogens is 1. The predicted octanol–water partition coefficient (Wildman–Crippen LogP) is 8.27. The number of nitrogens with zero attached hydrogens (tertiary/aromatic N) is 1. The molecule has 1 heterocycles. The molecule has 0 saturated heterocycles. The molecule has 46 heavy (non-hydrogen) atoms. The van der Waals surface area contributed by atoms with Crippen LogP contribution in [0.15, 0.2) is 113 Å². The van der Waals surface area contributed by atoms with Crippen molar-refractivity contribution in [3.05, 3.63) is 136 Å². The summed E-state index contributed by atoms with van der Waals surface area (Å²) < 4.78 is 27.9. The summed E-state index contributed by atoms with van der Waals surface area (Å²) in [6.07, 6.45) is 1.18. The Morgan fingerprint density at radius 2 is 1.65 bits per heavy atom. The average molecular weight is 675 g/mol. The van der Waals surface area contributed by atoms with Crippen molar-refractivity contribution in [3.63, 3.8) is 0 Å². The van der Waals surface area contributed by atoms with E-state index >= 15 is 0 Å². The fraction of sp³-hybridized carbons (Fsp3) is 0.0588. The first-order chi connectivity index (χ1) is 22.2. The predicted molar refractivity (Wildman–Crippen MR) is 180 cm³/mol. The van der Waals surface area contributed by atoms with Crippen molar-refractivity contribution in [3.8, 4) is 11.3 Å². The van der Waals surface area contributed by atoms with Gasteiger partial charge in [-0.05, 0) is 79.7 Å². The van der Waals surface area contributed by atoms with Gasteiger partial charge in [0.2, 0.25) is 5.91 Å². The summed E-state index contributed by atoms with van der Waals surface area (Å²) >= 11 is 8.71. The van der Waals surface area contributed by atoms with E-state index in [1.165, 1.54) is 59.5 Å². The van der Waals surface area contributed by atoms with Gasteiger partial charge in [-0.15, -0.1) is 23.1 Å². The standard InChI is InChI=1S/C34H25ClF2N4O3S2/c1-20(31(42)41-34-40-30(19-45-34)21-13-15-23(36)16-14-21)46-25-10-5-9-24(17-25)38-33(44)29(18-26-27(35)11-6-12-28(26)37)39-32(43)22-7-3-2-4-8-22/h2-20H,1H3,(H,38,44)(H,39,43)(H,40,41,42)/b29-18+. The van der Waals surface area contributed by atoms with Crippen LogP contribution < -0.4 is 16.0 Å². The lowest BCUT2D eigenvalue weighted by atomic mass is 10.1. The Labute approximate surface area is 276 Å².